The SMILES string of the molecule is CN=C(NCCCOCC(C)C)NCCNC(=O)c1scnc1C.I. The van der Waals surface area contributed by atoms with Gasteiger partial charge >= 0.3 is 0 Å². The second-order valence-electron chi connectivity index (χ2n) is 5.77. The van der Waals surface area contributed by atoms with Crippen LogP contribution in [0.3, 0.4) is 0 Å². The number of hydrogen-bond acceptors (Lipinski definition) is 5. The Labute approximate surface area is 171 Å². The molecule has 3 N–H and O–H groups in total. The topological polar surface area (TPSA) is 87.6 Å². The molecule has 1 aromatic heterocycles. The second kappa shape index (κ2) is 14.3. The minimum absolute atomic E-state index is 0. The van der Waals surface area contributed by atoms with Crippen molar-refractivity contribution >= 4 is 47.2 Å². The highest BCUT2D eigenvalue weighted by molar-refractivity contribution is 14.0. The number of hydrogen-bond donors (Lipinski definition) is 3. The third kappa shape index (κ3) is 10.6. The molecule has 0 aliphatic carbocycles. The minimum Gasteiger partial charge on any atom is -0.381 e. The smallest absolute Gasteiger partial charge is 0.263 e. The zero-order valence-corrected chi connectivity index (χ0v) is 18.6. The van der Waals surface area contributed by atoms with Gasteiger partial charge in [0.15, 0.2) is 5.96 Å². The number of aromatic nitrogens is 1. The van der Waals surface area contributed by atoms with E-state index in [0.717, 1.165) is 37.8 Å². The van der Waals surface area contributed by atoms with Crippen molar-refractivity contribution in [2.45, 2.75) is 27.2 Å². The van der Waals surface area contributed by atoms with Crippen molar-refractivity contribution in [1.29, 1.82) is 0 Å². The summed E-state index contributed by atoms with van der Waals surface area (Å²) >= 11 is 1.35. The maximum Gasteiger partial charge on any atom is 0.263 e. The van der Waals surface area contributed by atoms with Gasteiger partial charge in [0.1, 0.15) is 4.88 Å². The first kappa shape index (κ1) is 24.1. The first-order valence-electron chi connectivity index (χ1n) is 8.25. The van der Waals surface area contributed by atoms with Crippen molar-refractivity contribution in [3.05, 3.63) is 16.1 Å². The summed E-state index contributed by atoms with van der Waals surface area (Å²) in [6.45, 7) is 9.57. The van der Waals surface area contributed by atoms with Gasteiger partial charge in [-0.25, -0.2) is 4.98 Å². The summed E-state index contributed by atoms with van der Waals surface area (Å²) in [5, 5.41) is 9.25. The predicted octanol–water partition coefficient (Wildman–Crippen LogP) is 2.03. The first-order chi connectivity index (χ1) is 11.5. The van der Waals surface area contributed by atoms with E-state index in [1.807, 2.05) is 6.92 Å². The molecule has 0 spiro atoms. The summed E-state index contributed by atoms with van der Waals surface area (Å²) in [5.41, 5.74) is 2.45. The molecule has 0 bridgehead atoms. The van der Waals surface area contributed by atoms with Gasteiger partial charge in [0.25, 0.3) is 5.91 Å². The van der Waals surface area contributed by atoms with Crippen molar-refractivity contribution in [3.63, 3.8) is 0 Å². The summed E-state index contributed by atoms with van der Waals surface area (Å²) in [4.78, 5) is 20.8. The number of amides is 1. The third-order valence-corrected chi connectivity index (χ3v) is 4.01. The summed E-state index contributed by atoms with van der Waals surface area (Å²) < 4.78 is 5.53. The number of carbonyl (C=O) groups is 1. The van der Waals surface area contributed by atoms with Gasteiger partial charge in [-0.05, 0) is 19.3 Å². The Hall–Kier alpha value is -0.940. The fourth-order valence-corrected chi connectivity index (χ4v) is 2.60. The maximum atomic E-state index is 11.9. The van der Waals surface area contributed by atoms with Crippen LogP contribution in [0.15, 0.2) is 10.5 Å². The van der Waals surface area contributed by atoms with Crippen molar-refractivity contribution in [2.75, 3.05) is 39.9 Å². The number of carbonyl (C=O) groups excluding carboxylic acids is 1. The van der Waals surface area contributed by atoms with Crippen LogP contribution in [-0.4, -0.2) is 56.7 Å². The van der Waals surface area contributed by atoms with E-state index in [1.54, 1.807) is 12.6 Å². The van der Waals surface area contributed by atoms with Crippen molar-refractivity contribution in [3.8, 4) is 0 Å². The number of aliphatic imine (C=N–C) groups is 1. The molecule has 0 saturated heterocycles. The number of nitrogens with zero attached hydrogens (tertiary/aromatic N) is 2. The molecule has 1 aromatic rings. The second-order valence-corrected chi connectivity index (χ2v) is 6.63. The molecule has 1 heterocycles. The number of halogens is 1. The van der Waals surface area contributed by atoms with Crippen LogP contribution in [0.2, 0.25) is 0 Å². The van der Waals surface area contributed by atoms with Crippen LogP contribution >= 0.6 is 35.3 Å². The summed E-state index contributed by atoms with van der Waals surface area (Å²) in [6, 6.07) is 0. The van der Waals surface area contributed by atoms with Crippen LogP contribution < -0.4 is 16.0 Å². The Bertz CT molecular complexity index is 522. The molecular weight excluding hydrogens is 453 g/mol. The number of nitrogens with one attached hydrogen (secondary N) is 3. The average Bonchev–Trinajstić information content (AvgIpc) is 2.98. The molecule has 1 rings (SSSR count). The number of ether oxygens (including phenoxy) is 1. The molecule has 0 unspecified atom stereocenters. The maximum absolute atomic E-state index is 11.9. The molecule has 0 radical (unpaired) electrons. The number of guanidine groups is 1. The van der Waals surface area contributed by atoms with Gasteiger partial charge in [-0.15, -0.1) is 35.3 Å². The number of aryl methyl sites for hydroxylation is 1. The molecule has 25 heavy (non-hydrogen) atoms. The highest BCUT2D eigenvalue weighted by atomic mass is 127. The fourth-order valence-electron chi connectivity index (χ4n) is 1.88. The van der Waals surface area contributed by atoms with Crippen LogP contribution in [-0.2, 0) is 4.74 Å². The van der Waals surface area contributed by atoms with Gasteiger partial charge in [0.05, 0.1) is 11.2 Å². The van der Waals surface area contributed by atoms with E-state index in [1.165, 1.54) is 11.3 Å². The van der Waals surface area contributed by atoms with Crippen LogP contribution in [0.25, 0.3) is 0 Å². The molecular formula is C16H30IN5O2S. The monoisotopic (exact) mass is 483 g/mol. The molecule has 0 aromatic carbocycles. The Balaban J connectivity index is 0.00000576. The van der Waals surface area contributed by atoms with E-state index < -0.39 is 0 Å². The summed E-state index contributed by atoms with van der Waals surface area (Å²) in [5.74, 6) is 1.21. The molecule has 0 atom stereocenters. The lowest BCUT2D eigenvalue weighted by atomic mass is 10.2. The zero-order valence-electron chi connectivity index (χ0n) is 15.4. The first-order valence-corrected chi connectivity index (χ1v) is 9.13. The van der Waals surface area contributed by atoms with Crippen molar-refractivity contribution in [1.82, 2.24) is 20.9 Å². The molecule has 0 aliphatic heterocycles. The lowest BCUT2D eigenvalue weighted by molar-refractivity contribution is 0.0957. The minimum atomic E-state index is -0.0814. The molecule has 9 heteroatoms. The lowest BCUT2D eigenvalue weighted by Crippen LogP contribution is -2.42. The van der Waals surface area contributed by atoms with E-state index in [4.69, 9.17) is 4.74 Å². The lowest BCUT2D eigenvalue weighted by Gasteiger charge is -2.12. The van der Waals surface area contributed by atoms with Gasteiger partial charge < -0.3 is 20.7 Å². The van der Waals surface area contributed by atoms with Crippen LogP contribution in [0.1, 0.15) is 35.6 Å². The fraction of sp³-hybridized carbons (Fsp3) is 0.688. The van der Waals surface area contributed by atoms with E-state index in [0.29, 0.717) is 23.9 Å². The molecule has 7 nitrogen and oxygen atoms in total. The van der Waals surface area contributed by atoms with Gasteiger partial charge in [0.2, 0.25) is 0 Å². The summed E-state index contributed by atoms with van der Waals surface area (Å²) in [6.07, 6.45) is 0.925. The number of rotatable bonds is 10. The van der Waals surface area contributed by atoms with Crippen LogP contribution in [0, 0.1) is 12.8 Å². The quantitative estimate of drug-likeness (QED) is 0.205. The largest absolute Gasteiger partial charge is 0.381 e. The summed E-state index contributed by atoms with van der Waals surface area (Å²) in [7, 11) is 1.73. The standard InChI is InChI=1S/C16H29N5O2S.HI/c1-12(2)10-23-9-5-6-19-16(17-4)20-8-7-18-15(22)14-13(3)21-11-24-14;/h11-12H,5-10H2,1-4H3,(H,18,22)(H2,17,19,20);1H. The zero-order chi connectivity index (χ0) is 17.8. The van der Waals surface area contributed by atoms with Gasteiger partial charge in [-0.3, -0.25) is 9.79 Å². The molecule has 144 valence electrons. The molecule has 0 fully saturated rings. The van der Waals surface area contributed by atoms with E-state index in [9.17, 15) is 4.79 Å². The highest BCUT2D eigenvalue weighted by Gasteiger charge is 2.10. The Kier molecular flexibility index (Phi) is 13.7. The highest BCUT2D eigenvalue weighted by Crippen LogP contribution is 2.10. The third-order valence-electron chi connectivity index (χ3n) is 3.09. The van der Waals surface area contributed by atoms with E-state index in [-0.39, 0.29) is 29.9 Å². The average molecular weight is 483 g/mol. The van der Waals surface area contributed by atoms with E-state index in [2.05, 4.69) is 39.8 Å². The molecule has 0 aliphatic rings. The number of thiazole rings is 1. The molecule has 1 amide bonds. The Morgan fingerprint density at radius 1 is 1.28 bits per heavy atom. The van der Waals surface area contributed by atoms with Gasteiger partial charge in [0, 0.05) is 39.9 Å². The van der Waals surface area contributed by atoms with E-state index >= 15 is 0 Å². The van der Waals surface area contributed by atoms with Crippen LogP contribution in [0.5, 0.6) is 0 Å². The Morgan fingerprint density at radius 3 is 2.56 bits per heavy atom. The predicted molar refractivity (Wildman–Crippen MR) is 114 cm³/mol. The van der Waals surface area contributed by atoms with Crippen LogP contribution in [0.4, 0.5) is 0 Å². The van der Waals surface area contributed by atoms with Crippen molar-refractivity contribution < 1.29 is 9.53 Å². The Morgan fingerprint density at radius 2 is 1.96 bits per heavy atom. The van der Waals surface area contributed by atoms with Gasteiger partial charge in [-0.1, -0.05) is 13.8 Å². The van der Waals surface area contributed by atoms with Gasteiger partial charge in [-0.2, -0.15) is 0 Å². The van der Waals surface area contributed by atoms with Crippen molar-refractivity contribution in [2.24, 2.45) is 10.9 Å². The normalized spacial score (nSPS) is 11.2. The molecule has 0 saturated carbocycles.